The van der Waals surface area contributed by atoms with E-state index in [-0.39, 0.29) is 11.9 Å². The second-order valence-electron chi connectivity index (χ2n) is 2.46. The summed E-state index contributed by atoms with van der Waals surface area (Å²) in [5, 5.41) is 4.81. The van der Waals surface area contributed by atoms with Gasteiger partial charge in [0.2, 0.25) is 10.0 Å². The predicted octanol–water partition coefficient (Wildman–Crippen LogP) is -0.546. The lowest BCUT2D eigenvalue weighted by atomic mass is 10.3. The van der Waals surface area contributed by atoms with Crippen molar-refractivity contribution in [3.05, 3.63) is 0 Å². The third-order valence-corrected chi connectivity index (χ3v) is 2.28. The second kappa shape index (κ2) is 2.86. The van der Waals surface area contributed by atoms with E-state index in [2.05, 4.69) is 0 Å². The van der Waals surface area contributed by atoms with E-state index in [4.69, 9.17) is 9.88 Å². The Morgan fingerprint density at radius 2 is 2.30 bits per heavy atom. The van der Waals surface area contributed by atoms with Crippen LogP contribution in [0.1, 0.15) is 12.8 Å². The highest BCUT2D eigenvalue weighted by atomic mass is 32.2. The number of hydrogen-bond donors (Lipinski definition) is 1. The van der Waals surface area contributed by atoms with Crippen molar-refractivity contribution in [1.82, 2.24) is 0 Å². The first-order valence-electron chi connectivity index (χ1n) is 3.20. The number of nitrogens with two attached hydrogens (primary N) is 1. The molecule has 1 aliphatic rings. The summed E-state index contributed by atoms with van der Waals surface area (Å²) < 4.78 is 26.0. The van der Waals surface area contributed by atoms with Crippen LogP contribution in [0.5, 0.6) is 0 Å². The number of sulfonamides is 1. The summed E-state index contributed by atoms with van der Waals surface area (Å²) >= 11 is 0. The molecule has 0 radical (unpaired) electrons. The third kappa shape index (κ3) is 2.64. The van der Waals surface area contributed by atoms with Crippen molar-refractivity contribution in [2.24, 2.45) is 5.14 Å². The molecule has 1 heterocycles. The number of primary sulfonamides is 1. The van der Waals surface area contributed by atoms with Crippen LogP contribution in [0.15, 0.2) is 0 Å². The Bertz CT molecular complexity index is 193. The lowest BCUT2D eigenvalue weighted by molar-refractivity contribution is 0.127. The highest BCUT2D eigenvalue weighted by molar-refractivity contribution is 7.89. The Balaban J connectivity index is 2.38. The Morgan fingerprint density at radius 3 is 2.70 bits per heavy atom. The molecule has 10 heavy (non-hydrogen) atoms. The SMILES string of the molecule is NS(=O)(=O)C[C@H]1CCCO1. The van der Waals surface area contributed by atoms with E-state index in [0.717, 1.165) is 12.8 Å². The Labute approximate surface area is 60.4 Å². The molecule has 0 bridgehead atoms. The van der Waals surface area contributed by atoms with Gasteiger partial charge in [-0.3, -0.25) is 0 Å². The average molecular weight is 165 g/mol. The van der Waals surface area contributed by atoms with Crippen LogP contribution in [0.2, 0.25) is 0 Å². The van der Waals surface area contributed by atoms with Crippen LogP contribution >= 0.6 is 0 Å². The van der Waals surface area contributed by atoms with E-state index in [1.54, 1.807) is 0 Å². The molecule has 0 amide bonds. The number of rotatable bonds is 2. The molecule has 1 atom stereocenters. The topological polar surface area (TPSA) is 69.4 Å². The highest BCUT2D eigenvalue weighted by Crippen LogP contribution is 2.12. The zero-order valence-electron chi connectivity index (χ0n) is 5.62. The maximum atomic E-state index is 10.5. The fourth-order valence-corrected chi connectivity index (χ4v) is 1.82. The standard InChI is InChI=1S/C5H11NO3S/c6-10(7,8)4-5-2-1-3-9-5/h5H,1-4H2,(H2,6,7,8)/t5-/m1/s1. The molecular formula is C5H11NO3S. The predicted molar refractivity (Wildman–Crippen MR) is 36.9 cm³/mol. The molecule has 60 valence electrons. The first kappa shape index (κ1) is 7.97. The quantitative estimate of drug-likeness (QED) is 0.597. The summed E-state index contributed by atoms with van der Waals surface area (Å²) in [5.74, 6) is -0.0347. The van der Waals surface area contributed by atoms with Gasteiger partial charge in [0.25, 0.3) is 0 Å². The summed E-state index contributed by atoms with van der Waals surface area (Å²) in [4.78, 5) is 0. The summed E-state index contributed by atoms with van der Waals surface area (Å²) in [6, 6.07) is 0. The van der Waals surface area contributed by atoms with Crippen LogP contribution in [0.25, 0.3) is 0 Å². The molecule has 0 aromatic heterocycles. The summed E-state index contributed by atoms with van der Waals surface area (Å²) in [7, 11) is -3.33. The average Bonchev–Trinajstić information content (AvgIpc) is 2.12. The monoisotopic (exact) mass is 165 g/mol. The van der Waals surface area contributed by atoms with Gasteiger partial charge in [-0.25, -0.2) is 13.6 Å². The molecule has 1 aliphatic heterocycles. The minimum absolute atomic E-state index is 0.0347. The normalized spacial score (nSPS) is 27.1. The van der Waals surface area contributed by atoms with E-state index in [0.29, 0.717) is 6.61 Å². The Hall–Kier alpha value is -0.130. The van der Waals surface area contributed by atoms with Crippen molar-refractivity contribution >= 4 is 10.0 Å². The van der Waals surface area contributed by atoms with E-state index >= 15 is 0 Å². The first-order chi connectivity index (χ1) is 4.58. The van der Waals surface area contributed by atoms with Crippen LogP contribution in [-0.2, 0) is 14.8 Å². The van der Waals surface area contributed by atoms with E-state index in [1.807, 2.05) is 0 Å². The van der Waals surface area contributed by atoms with Crippen molar-refractivity contribution in [2.75, 3.05) is 12.4 Å². The second-order valence-corrected chi connectivity index (χ2v) is 4.12. The van der Waals surface area contributed by atoms with E-state index in [1.165, 1.54) is 0 Å². The molecule has 0 saturated carbocycles. The van der Waals surface area contributed by atoms with Crippen molar-refractivity contribution in [1.29, 1.82) is 0 Å². The largest absolute Gasteiger partial charge is 0.377 e. The molecule has 0 aromatic carbocycles. The smallest absolute Gasteiger partial charge is 0.211 e. The van der Waals surface area contributed by atoms with Crippen LogP contribution in [0, 0.1) is 0 Å². The Kier molecular flexibility index (Phi) is 2.28. The van der Waals surface area contributed by atoms with Gasteiger partial charge in [-0.1, -0.05) is 0 Å². The molecule has 4 nitrogen and oxygen atoms in total. The Morgan fingerprint density at radius 1 is 1.60 bits per heavy atom. The summed E-state index contributed by atoms with van der Waals surface area (Å²) in [5.41, 5.74) is 0. The summed E-state index contributed by atoms with van der Waals surface area (Å²) in [6.45, 7) is 0.667. The first-order valence-corrected chi connectivity index (χ1v) is 4.91. The van der Waals surface area contributed by atoms with Crippen molar-refractivity contribution in [3.8, 4) is 0 Å². The molecule has 0 unspecified atom stereocenters. The lowest BCUT2D eigenvalue weighted by Gasteiger charge is -2.05. The molecule has 1 fully saturated rings. The fraction of sp³-hybridized carbons (Fsp3) is 1.00. The molecule has 1 saturated heterocycles. The molecule has 0 aromatic rings. The van der Waals surface area contributed by atoms with E-state index < -0.39 is 10.0 Å². The van der Waals surface area contributed by atoms with Gasteiger partial charge in [0, 0.05) is 6.61 Å². The van der Waals surface area contributed by atoms with Crippen molar-refractivity contribution in [3.63, 3.8) is 0 Å². The van der Waals surface area contributed by atoms with Crippen LogP contribution in [-0.4, -0.2) is 26.9 Å². The van der Waals surface area contributed by atoms with Crippen molar-refractivity contribution in [2.45, 2.75) is 18.9 Å². The molecule has 0 spiro atoms. The molecule has 5 heteroatoms. The third-order valence-electron chi connectivity index (χ3n) is 1.44. The minimum Gasteiger partial charge on any atom is -0.377 e. The van der Waals surface area contributed by atoms with Crippen LogP contribution < -0.4 is 5.14 Å². The van der Waals surface area contributed by atoms with Gasteiger partial charge in [0.1, 0.15) is 0 Å². The molecular weight excluding hydrogens is 154 g/mol. The number of ether oxygens (including phenoxy) is 1. The van der Waals surface area contributed by atoms with Gasteiger partial charge in [0.05, 0.1) is 11.9 Å². The van der Waals surface area contributed by atoms with Crippen molar-refractivity contribution < 1.29 is 13.2 Å². The zero-order valence-corrected chi connectivity index (χ0v) is 6.43. The number of hydrogen-bond acceptors (Lipinski definition) is 3. The summed E-state index contributed by atoms with van der Waals surface area (Å²) in [6.07, 6.45) is 1.60. The van der Waals surface area contributed by atoms with E-state index in [9.17, 15) is 8.42 Å². The van der Waals surface area contributed by atoms with Gasteiger partial charge >= 0.3 is 0 Å². The van der Waals surface area contributed by atoms with Crippen LogP contribution in [0.3, 0.4) is 0 Å². The highest BCUT2D eigenvalue weighted by Gasteiger charge is 2.20. The molecule has 1 rings (SSSR count). The molecule has 2 N–H and O–H groups in total. The van der Waals surface area contributed by atoms with Crippen LogP contribution in [0.4, 0.5) is 0 Å². The minimum atomic E-state index is -3.33. The lowest BCUT2D eigenvalue weighted by Crippen LogP contribution is -2.25. The zero-order chi connectivity index (χ0) is 7.61. The van der Waals surface area contributed by atoms with Gasteiger partial charge in [-0.2, -0.15) is 0 Å². The fourth-order valence-electron chi connectivity index (χ4n) is 1.03. The van der Waals surface area contributed by atoms with Gasteiger partial charge in [-0.15, -0.1) is 0 Å². The van der Waals surface area contributed by atoms with Gasteiger partial charge < -0.3 is 4.74 Å². The maximum absolute atomic E-state index is 10.5. The van der Waals surface area contributed by atoms with Gasteiger partial charge in [-0.05, 0) is 12.8 Å². The maximum Gasteiger partial charge on any atom is 0.211 e. The van der Waals surface area contributed by atoms with Gasteiger partial charge in [0.15, 0.2) is 0 Å². The molecule has 0 aliphatic carbocycles.